The average molecular weight is 261 g/mol. The molecule has 0 saturated heterocycles. The number of rotatable bonds is 6. The molecule has 3 heteroatoms. The van der Waals surface area contributed by atoms with Crippen LogP contribution in [-0.2, 0) is 6.42 Å². The molecule has 0 amide bonds. The van der Waals surface area contributed by atoms with Gasteiger partial charge in [0.2, 0.25) is 0 Å². The quantitative estimate of drug-likeness (QED) is 0.800. The predicted molar refractivity (Wildman–Crippen MR) is 76.9 cm³/mol. The van der Waals surface area contributed by atoms with E-state index in [1.165, 1.54) is 0 Å². The SMILES string of the molecule is CCc1cc(C(=O)C2(CNC)CCC2)ccc1OC. The van der Waals surface area contributed by atoms with Crippen LogP contribution in [0.5, 0.6) is 5.75 Å². The number of carbonyl (C=O) groups is 1. The summed E-state index contributed by atoms with van der Waals surface area (Å²) in [6, 6.07) is 5.81. The Morgan fingerprint density at radius 3 is 2.63 bits per heavy atom. The van der Waals surface area contributed by atoms with Crippen LogP contribution >= 0.6 is 0 Å². The second-order valence-electron chi connectivity index (χ2n) is 5.37. The van der Waals surface area contributed by atoms with E-state index < -0.39 is 0 Å². The number of ketones is 1. The molecule has 0 aromatic heterocycles. The van der Waals surface area contributed by atoms with E-state index in [0.29, 0.717) is 0 Å². The van der Waals surface area contributed by atoms with Gasteiger partial charge in [0.25, 0.3) is 0 Å². The molecular weight excluding hydrogens is 238 g/mol. The van der Waals surface area contributed by atoms with E-state index in [4.69, 9.17) is 4.74 Å². The zero-order valence-electron chi connectivity index (χ0n) is 12.1. The molecular formula is C16H23NO2. The monoisotopic (exact) mass is 261 g/mol. The molecule has 104 valence electrons. The third kappa shape index (κ3) is 2.52. The van der Waals surface area contributed by atoms with Crippen LogP contribution in [0.4, 0.5) is 0 Å². The Morgan fingerprint density at radius 2 is 2.16 bits per heavy atom. The van der Waals surface area contributed by atoms with Crippen LogP contribution in [0.3, 0.4) is 0 Å². The second-order valence-corrected chi connectivity index (χ2v) is 5.37. The summed E-state index contributed by atoms with van der Waals surface area (Å²) in [5.41, 5.74) is 1.76. The third-order valence-corrected chi connectivity index (χ3v) is 4.23. The maximum absolute atomic E-state index is 12.7. The number of Topliss-reactive ketones (excluding diaryl/α,β-unsaturated/α-hetero) is 1. The minimum Gasteiger partial charge on any atom is -0.496 e. The summed E-state index contributed by atoms with van der Waals surface area (Å²) in [6.45, 7) is 2.86. The van der Waals surface area contributed by atoms with E-state index in [9.17, 15) is 4.79 Å². The molecule has 0 aliphatic heterocycles. The summed E-state index contributed by atoms with van der Waals surface area (Å²) >= 11 is 0. The van der Waals surface area contributed by atoms with Crippen molar-refractivity contribution in [2.45, 2.75) is 32.6 Å². The number of carbonyl (C=O) groups excluding carboxylic acids is 1. The molecule has 2 rings (SSSR count). The summed E-state index contributed by atoms with van der Waals surface area (Å²) in [5.74, 6) is 1.15. The molecule has 1 aliphatic rings. The molecule has 1 aromatic carbocycles. The van der Waals surface area contributed by atoms with Gasteiger partial charge in [0.15, 0.2) is 5.78 Å². The van der Waals surface area contributed by atoms with Gasteiger partial charge in [-0.05, 0) is 50.1 Å². The van der Waals surface area contributed by atoms with E-state index in [0.717, 1.165) is 49.1 Å². The Kier molecular flexibility index (Phi) is 4.25. The highest BCUT2D eigenvalue weighted by molar-refractivity contribution is 6.01. The molecule has 0 bridgehead atoms. The van der Waals surface area contributed by atoms with Crippen molar-refractivity contribution in [2.24, 2.45) is 5.41 Å². The van der Waals surface area contributed by atoms with Crippen LogP contribution in [-0.4, -0.2) is 26.5 Å². The Labute approximate surface area is 115 Å². The van der Waals surface area contributed by atoms with Gasteiger partial charge in [0.05, 0.1) is 7.11 Å². The summed E-state index contributed by atoms with van der Waals surface area (Å²) in [7, 11) is 3.59. The first-order chi connectivity index (χ1) is 9.16. The van der Waals surface area contributed by atoms with Crippen LogP contribution in [0.25, 0.3) is 0 Å². The highest BCUT2D eigenvalue weighted by Gasteiger charge is 2.43. The van der Waals surface area contributed by atoms with Crippen molar-refractivity contribution >= 4 is 5.78 Å². The van der Waals surface area contributed by atoms with Gasteiger partial charge in [-0.25, -0.2) is 0 Å². The Hall–Kier alpha value is -1.35. The van der Waals surface area contributed by atoms with E-state index in [-0.39, 0.29) is 11.2 Å². The van der Waals surface area contributed by atoms with Crippen LogP contribution in [0, 0.1) is 5.41 Å². The topological polar surface area (TPSA) is 38.3 Å². The number of aryl methyl sites for hydroxylation is 1. The van der Waals surface area contributed by atoms with Gasteiger partial charge in [-0.2, -0.15) is 0 Å². The fourth-order valence-electron chi connectivity index (χ4n) is 2.93. The number of nitrogens with one attached hydrogen (secondary N) is 1. The molecule has 1 saturated carbocycles. The molecule has 0 atom stereocenters. The first kappa shape index (κ1) is 14.1. The maximum atomic E-state index is 12.7. The van der Waals surface area contributed by atoms with Crippen molar-refractivity contribution < 1.29 is 9.53 Å². The fraction of sp³-hybridized carbons (Fsp3) is 0.562. The lowest BCUT2D eigenvalue weighted by atomic mass is 9.64. The van der Waals surface area contributed by atoms with Crippen LogP contribution in [0.1, 0.15) is 42.1 Å². The number of hydrogen-bond donors (Lipinski definition) is 1. The highest BCUT2D eigenvalue weighted by Crippen LogP contribution is 2.43. The number of hydrogen-bond acceptors (Lipinski definition) is 3. The van der Waals surface area contributed by atoms with E-state index in [1.807, 2.05) is 25.2 Å². The first-order valence-corrected chi connectivity index (χ1v) is 7.03. The summed E-state index contributed by atoms with van der Waals surface area (Å²) < 4.78 is 5.32. The van der Waals surface area contributed by atoms with Crippen LogP contribution < -0.4 is 10.1 Å². The van der Waals surface area contributed by atoms with Gasteiger partial charge in [-0.15, -0.1) is 0 Å². The Bertz CT molecular complexity index is 464. The molecule has 0 spiro atoms. The minimum absolute atomic E-state index is 0.172. The lowest BCUT2D eigenvalue weighted by Gasteiger charge is -2.40. The maximum Gasteiger partial charge on any atom is 0.170 e. The Balaban J connectivity index is 2.28. The van der Waals surface area contributed by atoms with Gasteiger partial charge in [0, 0.05) is 17.5 Å². The summed E-state index contributed by atoms with van der Waals surface area (Å²) in [6.07, 6.45) is 4.04. The van der Waals surface area contributed by atoms with Crippen LogP contribution in [0.15, 0.2) is 18.2 Å². The van der Waals surface area contributed by atoms with Crippen molar-refractivity contribution in [2.75, 3.05) is 20.7 Å². The van der Waals surface area contributed by atoms with E-state index in [2.05, 4.69) is 12.2 Å². The standard InChI is InChI=1S/C16H23NO2/c1-4-12-10-13(6-7-14(12)19-3)15(18)16(11-17-2)8-5-9-16/h6-7,10,17H,4-5,8-9,11H2,1-3H3. The van der Waals surface area contributed by atoms with Gasteiger partial charge >= 0.3 is 0 Å². The molecule has 1 aliphatic carbocycles. The molecule has 0 unspecified atom stereocenters. The van der Waals surface area contributed by atoms with Crippen molar-refractivity contribution in [3.8, 4) is 5.75 Å². The van der Waals surface area contributed by atoms with Gasteiger partial charge in [-0.1, -0.05) is 13.3 Å². The van der Waals surface area contributed by atoms with Gasteiger partial charge in [-0.3, -0.25) is 4.79 Å². The van der Waals surface area contributed by atoms with Crippen molar-refractivity contribution in [3.05, 3.63) is 29.3 Å². The predicted octanol–water partition coefficient (Wildman–Crippen LogP) is 2.83. The number of methoxy groups -OCH3 is 1. The van der Waals surface area contributed by atoms with E-state index >= 15 is 0 Å². The largest absolute Gasteiger partial charge is 0.496 e. The van der Waals surface area contributed by atoms with Crippen LogP contribution in [0.2, 0.25) is 0 Å². The second kappa shape index (κ2) is 5.74. The molecule has 1 aromatic rings. The molecule has 1 fully saturated rings. The third-order valence-electron chi connectivity index (χ3n) is 4.23. The average Bonchev–Trinajstić information content (AvgIpc) is 2.41. The molecule has 3 nitrogen and oxygen atoms in total. The summed E-state index contributed by atoms with van der Waals surface area (Å²) in [4.78, 5) is 12.7. The van der Waals surface area contributed by atoms with Crippen molar-refractivity contribution in [1.82, 2.24) is 5.32 Å². The molecule has 19 heavy (non-hydrogen) atoms. The van der Waals surface area contributed by atoms with Crippen molar-refractivity contribution in [1.29, 1.82) is 0 Å². The zero-order chi connectivity index (χ0) is 13.9. The highest BCUT2D eigenvalue weighted by atomic mass is 16.5. The zero-order valence-corrected chi connectivity index (χ0v) is 12.1. The smallest absolute Gasteiger partial charge is 0.170 e. The molecule has 1 N–H and O–H groups in total. The molecule has 0 heterocycles. The normalized spacial score (nSPS) is 16.8. The molecule has 0 radical (unpaired) electrons. The minimum atomic E-state index is -0.172. The van der Waals surface area contributed by atoms with Gasteiger partial charge < -0.3 is 10.1 Å². The van der Waals surface area contributed by atoms with E-state index in [1.54, 1.807) is 7.11 Å². The van der Waals surface area contributed by atoms with Gasteiger partial charge in [0.1, 0.15) is 5.75 Å². The number of ether oxygens (including phenoxy) is 1. The number of benzene rings is 1. The lowest BCUT2D eigenvalue weighted by Crippen LogP contribution is -2.45. The first-order valence-electron chi connectivity index (χ1n) is 7.03. The fourth-order valence-corrected chi connectivity index (χ4v) is 2.93. The van der Waals surface area contributed by atoms with Crippen molar-refractivity contribution in [3.63, 3.8) is 0 Å². The Morgan fingerprint density at radius 1 is 1.42 bits per heavy atom. The lowest BCUT2D eigenvalue weighted by molar-refractivity contribution is 0.0614. The summed E-state index contributed by atoms with van der Waals surface area (Å²) in [5, 5.41) is 3.17.